The number of allylic oxidation sites excluding steroid dienone is 8. The Labute approximate surface area is 316 Å². The van der Waals surface area contributed by atoms with Crippen LogP contribution in [0.1, 0.15) is 126 Å². The number of rotatable bonds is 4. The molecule has 0 saturated heterocycles. The third-order valence-corrected chi connectivity index (χ3v) is 29.9. The molecule has 50 heavy (non-hydrogen) atoms. The van der Waals surface area contributed by atoms with Gasteiger partial charge in [-0.3, -0.25) is 0 Å². The van der Waals surface area contributed by atoms with Crippen LogP contribution >= 0.6 is 24.8 Å². The second-order valence-electron chi connectivity index (χ2n) is 18.5. The molecule has 1 unspecified atom stereocenters. The van der Waals surface area contributed by atoms with Crippen molar-refractivity contribution in [2.24, 2.45) is 11.3 Å². The summed E-state index contributed by atoms with van der Waals surface area (Å²) >= 11 is -4.41. The summed E-state index contributed by atoms with van der Waals surface area (Å²) in [6, 6.07) is 19.9. The number of benzene rings is 3. The molecule has 0 N–H and O–H groups in total. The summed E-state index contributed by atoms with van der Waals surface area (Å²) in [5.74, 6) is 0.410. The molecule has 5 aliphatic carbocycles. The van der Waals surface area contributed by atoms with Crippen LogP contribution in [0.25, 0.3) is 22.3 Å². The van der Waals surface area contributed by atoms with E-state index in [2.05, 4.69) is 134 Å². The second kappa shape index (κ2) is 12.0. The molecule has 0 aromatic heterocycles. The standard InChI is InChI=1S/C25H25.C13H19.C7H7.CH3.CH2.2ClH.Zr/c1-14-12-24(3,4)22-8-16-7-17-9-23-19(15(2)13-25(23,5)6)11-21(17)20(16)10-18(14)22;1-11-6-7-12(10-11)13(2)8-4-3-5-9-13;1-7-5-3-2-4-6-7;;;;;/h8-12H,7H2,1-6H3;7,10-11H,3-5,8-9H2,1-2H3;3-6H,1H3;1H3;1H2;2*1H;. The molecule has 0 radical (unpaired) electrons. The van der Waals surface area contributed by atoms with Gasteiger partial charge in [0.25, 0.3) is 0 Å². The van der Waals surface area contributed by atoms with Crippen molar-refractivity contribution in [3.63, 3.8) is 0 Å². The quantitative estimate of drug-likeness (QED) is 0.193. The molecule has 3 aromatic rings. The molecule has 3 heteroatoms. The molecule has 1 atom stereocenters. The van der Waals surface area contributed by atoms with Crippen LogP contribution < -0.4 is 3.27 Å². The first kappa shape index (κ1) is 37.7. The van der Waals surface area contributed by atoms with Crippen LogP contribution in [-0.2, 0) is 35.5 Å². The van der Waals surface area contributed by atoms with Gasteiger partial charge in [-0.2, -0.15) is 0 Å². The van der Waals surface area contributed by atoms with Gasteiger partial charge in [-0.05, 0) is 0 Å². The Morgan fingerprint density at radius 1 is 0.740 bits per heavy atom. The predicted octanol–water partition coefficient (Wildman–Crippen LogP) is 13.1. The summed E-state index contributed by atoms with van der Waals surface area (Å²) in [7, 11) is 0. The van der Waals surface area contributed by atoms with E-state index >= 15 is 0 Å². The second-order valence-corrected chi connectivity index (χ2v) is 32.4. The van der Waals surface area contributed by atoms with E-state index in [1.165, 1.54) is 96.6 Å². The molecule has 0 aliphatic heterocycles. The van der Waals surface area contributed by atoms with E-state index in [0.29, 0.717) is 11.3 Å². The van der Waals surface area contributed by atoms with Crippen LogP contribution in [-0.4, -0.2) is 4.21 Å². The molecule has 3 aromatic carbocycles. The summed E-state index contributed by atoms with van der Waals surface area (Å²) in [5.41, 5.74) is 18.0. The van der Waals surface area contributed by atoms with Crippen molar-refractivity contribution in [3.05, 3.63) is 118 Å². The van der Waals surface area contributed by atoms with Crippen molar-refractivity contribution < 1.29 is 18.3 Å². The Kier molecular flexibility index (Phi) is 9.04. The number of halogens is 2. The molecule has 1 fully saturated rings. The number of fused-ring (bicyclic) bond motifs is 5. The third kappa shape index (κ3) is 5.10. The average Bonchev–Trinajstić information content (AvgIpc) is 3.71. The van der Waals surface area contributed by atoms with Crippen LogP contribution in [0.2, 0.25) is 4.63 Å². The van der Waals surface area contributed by atoms with Gasteiger partial charge in [0.15, 0.2) is 0 Å². The molecular formula is C47H58Cl2Zr. The van der Waals surface area contributed by atoms with Gasteiger partial charge >= 0.3 is 294 Å². The van der Waals surface area contributed by atoms with E-state index in [0.717, 1.165) is 6.42 Å². The zero-order chi connectivity index (χ0) is 34.2. The van der Waals surface area contributed by atoms with Crippen molar-refractivity contribution in [1.82, 2.24) is 0 Å². The SMILES string of the molecule is Cl.Cl.[CH2]=[Zr]([CH3])([C]1=CC(C2(C)CCCCC2)=CC1C)([C]1=C(C)c2cc3c(cc2C1(C)C)Cc1cc2c(cc1-3)C(C)=CC2(C)C)[c]1ccc(C)cc1. The minimum absolute atomic E-state index is 0. The van der Waals surface area contributed by atoms with E-state index in [1.807, 2.05) is 0 Å². The first-order valence-electron chi connectivity index (χ1n) is 18.8. The molecule has 264 valence electrons. The molecule has 0 amide bonds. The zero-order valence-corrected chi connectivity index (χ0v) is 36.3. The first-order chi connectivity index (χ1) is 22.5. The summed E-state index contributed by atoms with van der Waals surface area (Å²) in [4.78, 5) is 0. The predicted molar refractivity (Wildman–Crippen MR) is 222 cm³/mol. The van der Waals surface area contributed by atoms with Crippen molar-refractivity contribution in [2.45, 2.75) is 116 Å². The van der Waals surface area contributed by atoms with Crippen molar-refractivity contribution >= 4 is 43.4 Å². The molecule has 0 bridgehead atoms. The maximum atomic E-state index is 5.67. The van der Waals surface area contributed by atoms with Crippen molar-refractivity contribution in [2.75, 3.05) is 0 Å². The van der Waals surface area contributed by atoms with Gasteiger partial charge < -0.3 is 0 Å². The van der Waals surface area contributed by atoms with E-state index < -0.39 is 18.3 Å². The fourth-order valence-corrected chi connectivity index (χ4v) is 28.5. The zero-order valence-electron chi connectivity index (χ0n) is 32.2. The molecule has 0 spiro atoms. The minimum atomic E-state index is -4.41. The molecule has 8 rings (SSSR count). The van der Waals surface area contributed by atoms with Crippen LogP contribution in [0, 0.1) is 18.3 Å². The summed E-state index contributed by atoms with van der Waals surface area (Å²) in [6.07, 6.45) is 15.6. The number of hydrogen-bond donors (Lipinski definition) is 0. The molecule has 5 aliphatic rings. The Morgan fingerprint density at radius 3 is 1.94 bits per heavy atom. The van der Waals surface area contributed by atoms with Gasteiger partial charge in [0, 0.05) is 0 Å². The van der Waals surface area contributed by atoms with Gasteiger partial charge in [0.1, 0.15) is 0 Å². The van der Waals surface area contributed by atoms with Crippen LogP contribution in [0.15, 0.2) is 78.9 Å². The van der Waals surface area contributed by atoms with Crippen LogP contribution in [0.5, 0.6) is 0 Å². The van der Waals surface area contributed by atoms with E-state index in [-0.39, 0.29) is 35.6 Å². The van der Waals surface area contributed by atoms with E-state index in [4.69, 9.17) is 4.21 Å². The molecular weight excluding hydrogens is 727 g/mol. The molecule has 1 saturated carbocycles. The topological polar surface area (TPSA) is 0 Å². The summed E-state index contributed by atoms with van der Waals surface area (Å²) < 4.78 is 13.2. The summed E-state index contributed by atoms with van der Waals surface area (Å²) in [6.45, 7) is 21.8. The van der Waals surface area contributed by atoms with Gasteiger partial charge in [0.2, 0.25) is 0 Å². The fourth-order valence-electron chi connectivity index (χ4n) is 11.7. The molecule has 0 heterocycles. The van der Waals surface area contributed by atoms with Gasteiger partial charge in [0.05, 0.1) is 0 Å². The normalized spacial score (nSPS) is 22.4. The van der Waals surface area contributed by atoms with Gasteiger partial charge in [-0.25, -0.2) is 0 Å². The van der Waals surface area contributed by atoms with Gasteiger partial charge in [-0.15, -0.1) is 24.8 Å². The Bertz CT molecular complexity index is 2140. The third-order valence-electron chi connectivity index (χ3n) is 14.1. The Hall–Kier alpha value is -2.05. The van der Waals surface area contributed by atoms with Crippen LogP contribution in [0.4, 0.5) is 0 Å². The number of hydrogen-bond acceptors (Lipinski definition) is 0. The van der Waals surface area contributed by atoms with E-state index in [1.54, 1.807) is 12.1 Å². The Morgan fingerprint density at radius 2 is 1.32 bits per heavy atom. The van der Waals surface area contributed by atoms with E-state index in [9.17, 15) is 0 Å². The van der Waals surface area contributed by atoms with Crippen molar-refractivity contribution in [3.8, 4) is 11.1 Å². The fraction of sp³-hybridized carbons (Fsp3) is 0.426. The van der Waals surface area contributed by atoms with Crippen molar-refractivity contribution in [1.29, 1.82) is 0 Å². The monoisotopic (exact) mass is 782 g/mol. The maximum absolute atomic E-state index is 5.67. The first-order valence-corrected chi connectivity index (χ1v) is 26.7. The Balaban J connectivity index is 0.00000216. The van der Waals surface area contributed by atoms with Gasteiger partial charge in [-0.1, -0.05) is 0 Å². The average molecular weight is 785 g/mol. The molecule has 0 nitrogen and oxygen atoms in total. The summed E-state index contributed by atoms with van der Waals surface area (Å²) in [5, 5.41) is 0. The van der Waals surface area contributed by atoms with Crippen LogP contribution in [0.3, 0.4) is 0 Å². The number of aryl methyl sites for hydroxylation is 1.